The predicted octanol–water partition coefficient (Wildman–Crippen LogP) is 3.16. The summed E-state index contributed by atoms with van der Waals surface area (Å²) in [5, 5.41) is 3.53. The molecule has 0 atom stereocenters. The largest absolute Gasteiger partial charge is 0.469 e. The van der Waals surface area contributed by atoms with Crippen LogP contribution in [-0.4, -0.2) is 56.1 Å². The number of hydrogen-bond acceptors (Lipinski definition) is 5. The van der Waals surface area contributed by atoms with Crippen LogP contribution in [-0.2, 0) is 14.3 Å². The molecule has 1 aliphatic heterocycles. The molecule has 154 valence electrons. The van der Waals surface area contributed by atoms with Crippen LogP contribution in [0.4, 0.5) is 11.4 Å². The Bertz CT molecular complexity index is 803. The number of nitrogens with one attached hydrogen (secondary N) is 1. The van der Waals surface area contributed by atoms with Crippen LogP contribution in [0, 0.1) is 0 Å². The third kappa shape index (κ3) is 5.15. The van der Waals surface area contributed by atoms with E-state index in [1.165, 1.54) is 7.11 Å². The number of rotatable bonds is 7. The lowest BCUT2D eigenvalue weighted by molar-refractivity contribution is -0.141. The van der Waals surface area contributed by atoms with Crippen molar-refractivity contribution >= 4 is 23.3 Å². The Morgan fingerprint density at radius 1 is 1.03 bits per heavy atom. The number of likely N-dealkylation sites (N-methyl/N-ethyl adjacent to an activating group) is 1. The van der Waals surface area contributed by atoms with Crippen molar-refractivity contribution in [2.45, 2.75) is 24.8 Å². The molecule has 2 aromatic carbocycles. The smallest absolute Gasteiger partial charge is 0.306 e. The molecule has 3 rings (SSSR count). The minimum Gasteiger partial charge on any atom is -0.469 e. The summed E-state index contributed by atoms with van der Waals surface area (Å²) in [6, 6.07) is 19.6. The van der Waals surface area contributed by atoms with Crippen LogP contribution >= 0.6 is 0 Å². The molecular formula is C23H29N3O3. The molecule has 0 aliphatic carbocycles. The van der Waals surface area contributed by atoms with Crippen LogP contribution in [0.25, 0.3) is 0 Å². The Morgan fingerprint density at radius 3 is 2.21 bits per heavy atom. The quantitative estimate of drug-likeness (QED) is 0.730. The van der Waals surface area contributed by atoms with Crippen molar-refractivity contribution in [3.63, 3.8) is 0 Å². The fraction of sp³-hybridized carbons (Fsp3) is 0.391. The first kappa shape index (κ1) is 20.9. The van der Waals surface area contributed by atoms with E-state index >= 15 is 0 Å². The number of carbonyl (C=O) groups is 2. The zero-order valence-corrected chi connectivity index (χ0v) is 17.1. The highest BCUT2D eigenvalue weighted by atomic mass is 16.5. The molecule has 1 heterocycles. The second kappa shape index (κ2) is 9.56. The number of esters is 1. The molecule has 0 unspecified atom stereocenters. The molecule has 0 aromatic heterocycles. The van der Waals surface area contributed by atoms with E-state index in [-0.39, 0.29) is 11.9 Å². The van der Waals surface area contributed by atoms with E-state index in [4.69, 9.17) is 4.74 Å². The minimum atomic E-state index is -0.687. The zero-order chi connectivity index (χ0) is 20.7. The number of methoxy groups -OCH3 is 1. The molecule has 1 N–H and O–H groups in total. The third-order valence-corrected chi connectivity index (χ3v) is 5.58. The Kier molecular flexibility index (Phi) is 6.88. The van der Waals surface area contributed by atoms with Gasteiger partial charge in [0, 0.05) is 38.1 Å². The molecule has 0 radical (unpaired) electrons. The Labute approximate surface area is 172 Å². The van der Waals surface area contributed by atoms with E-state index in [0.29, 0.717) is 25.8 Å². The molecule has 6 heteroatoms. The SMILES string of the molecule is COC(=O)CCN1CCC(Nc2ccccc2)(C(=O)N(C)c2ccccc2)CC1. The predicted molar refractivity (Wildman–Crippen MR) is 115 cm³/mol. The second-order valence-electron chi connectivity index (χ2n) is 7.44. The fourth-order valence-corrected chi connectivity index (χ4v) is 3.79. The minimum absolute atomic E-state index is 0.0557. The number of amides is 1. The van der Waals surface area contributed by atoms with E-state index < -0.39 is 5.54 Å². The van der Waals surface area contributed by atoms with E-state index in [2.05, 4.69) is 10.2 Å². The van der Waals surface area contributed by atoms with Crippen molar-refractivity contribution in [2.75, 3.05) is 44.0 Å². The van der Waals surface area contributed by atoms with Gasteiger partial charge in [-0.2, -0.15) is 0 Å². The maximum atomic E-state index is 13.6. The van der Waals surface area contributed by atoms with E-state index in [0.717, 1.165) is 24.5 Å². The number of ether oxygens (including phenoxy) is 1. The van der Waals surface area contributed by atoms with E-state index in [1.54, 1.807) is 4.90 Å². The zero-order valence-electron chi connectivity index (χ0n) is 17.1. The maximum Gasteiger partial charge on any atom is 0.306 e. The van der Waals surface area contributed by atoms with Gasteiger partial charge in [0.2, 0.25) is 0 Å². The second-order valence-corrected chi connectivity index (χ2v) is 7.44. The van der Waals surface area contributed by atoms with Gasteiger partial charge in [0.1, 0.15) is 5.54 Å². The van der Waals surface area contributed by atoms with Gasteiger partial charge in [0.25, 0.3) is 5.91 Å². The lowest BCUT2D eigenvalue weighted by atomic mass is 9.85. The maximum absolute atomic E-state index is 13.6. The molecule has 1 saturated heterocycles. The van der Waals surface area contributed by atoms with Gasteiger partial charge in [0.15, 0.2) is 0 Å². The van der Waals surface area contributed by atoms with Crippen molar-refractivity contribution in [3.05, 3.63) is 60.7 Å². The van der Waals surface area contributed by atoms with Gasteiger partial charge in [-0.25, -0.2) is 0 Å². The average Bonchev–Trinajstić information content (AvgIpc) is 2.78. The van der Waals surface area contributed by atoms with Gasteiger partial charge in [0.05, 0.1) is 13.5 Å². The van der Waals surface area contributed by atoms with Gasteiger partial charge in [-0.05, 0) is 37.1 Å². The summed E-state index contributed by atoms with van der Waals surface area (Å²) < 4.78 is 4.74. The summed E-state index contributed by atoms with van der Waals surface area (Å²) in [7, 11) is 3.24. The highest BCUT2D eigenvalue weighted by Gasteiger charge is 2.43. The molecule has 0 spiro atoms. The van der Waals surface area contributed by atoms with Crippen molar-refractivity contribution in [1.29, 1.82) is 0 Å². The monoisotopic (exact) mass is 395 g/mol. The van der Waals surface area contributed by atoms with Crippen LogP contribution < -0.4 is 10.2 Å². The Hall–Kier alpha value is -2.86. The van der Waals surface area contributed by atoms with Crippen molar-refractivity contribution in [3.8, 4) is 0 Å². The third-order valence-electron chi connectivity index (χ3n) is 5.58. The van der Waals surface area contributed by atoms with E-state index in [9.17, 15) is 9.59 Å². The first-order valence-corrected chi connectivity index (χ1v) is 10.00. The molecule has 1 aliphatic rings. The molecule has 29 heavy (non-hydrogen) atoms. The number of likely N-dealkylation sites (tertiary alicyclic amines) is 1. The van der Waals surface area contributed by atoms with Crippen LogP contribution in [0.5, 0.6) is 0 Å². The number of piperidine rings is 1. The summed E-state index contributed by atoms with van der Waals surface area (Å²) in [5.74, 6) is -0.149. The molecule has 2 aromatic rings. The number of nitrogens with zero attached hydrogens (tertiary/aromatic N) is 2. The summed E-state index contributed by atoms with van der Waals surface area (Å²) in [6.07, 6.45) is 1.70. The molecule has 1 fully saturated rings. The van der Waals surface area contributed by atoms with Gasteiger partial charge in [-0.3, -0.25) is 9.59 Å². The first-order valence-electron chi connectivity index (χ1n) is 10.00. The number of para-hydroxylation sites is 2. The van der Waals surface area contributed by atoms with Crippen LogP contribution in [0.3, 0.4) is 0 Å². The molecule has 6 nitrogen and oxygen atoms in total. The van der Waals surface area contributed by atoms with Crippen LogP contribution in [0.1, 0.15) is 19.3 Å². The lowest BCUT2D eigenvalue weighted by Gasteiger charge is -2.43. The highest BCUT2D eigenvalue weighted by molar-refractivity contribution is 6.01. The summed E-state index contributed by atoms with van der Waals surface area (Å²) in [4.78, 5) is 29.0. The Balaban J connectivity index is 1.77. The van der Waals surface area contributed by atoms with Crippen LogP contribution in [0.15, 0.2) is 60.7 Å². The van der Waals surface area contributed by atoms with Crippen molar-refractivity contribution in [1.82, 2.24) is 4.90 Å². The molecule has 0 bridgehead atoms. The number of carbonyl (C=O) groups excluding carboxylic acids is 2. The number of benzene rings is 2. The van der Waals surface area contributed by atoms with Gasteiger partial charge >= 0.3 is 5.97 Å². The van der Waals surface area contributed by atoms with Crippen molar-refractivity contribution in [2.24, 2.45) is 0 Å². The topological polar surface area (TPSA) is 61.9 Å². The number of anilines is 2. The standard InChI is InChI=1S/C23H29N3O3/c1-25(20-11-7-4-8-12-20)22(28)23(24-19-9-5-3-6-10-19)14-17-26(18-15-23)16-13-21(27)29-2/h3-12,24H,13-18H2,1-2H3. The summed E-state index contributed by atoms with van der Waals surface area (Å²) in [6.45, 7) is 2.13. The van der Waals surface area contributed by atoms with Gasteiger partial charge < -0.3 is 19.9 Å². The molecular weight excluding hydrogens is 366 g/mol. The van der Waals surface area contributed by atoms with E-state index in [1.807, 2.05) is 67.7 Å². The highest BCUT2D eigenvalue weighted by Crippen LogP contribution is 2.30. The normalized spacial score (nSPS) is 16.1. The van der Waals surface area contributed by atoms with Crippen LogP contribution in [0.2, 0.25) is 0 Å². The lowest BCUT2D eigenvalue weighted by Crippen LogP contribution is -2.59. The van der Waals surface area contributed by atoms with Gasteiger partial charge in [-0.1, -0.05) is 36.4 Å². The summed E-state index contributed by atoms with van der Waals surface area (Å²) in [5.41, 5.74) is 1.12. The molecule has 0 saturated carbocycles. The first-order chi connectivity index (χ1) is 14.0. The number of hydrogen-bond donors (Lipinski definition) is 1. The fourth-order valence-electron chi connectivity index (χ4n) is 3.79. The average molecular weight is 396 g/mol. The Morgan fingerprint density at radius 2 is 1.62 bits per heavy atom. The molecule has 1 amide bonds. The van der Waals surface area contributed by atoms with Crippen molar-refractivity contribution < 1.29 is 14.3 Å². The van der Waals surface area contributed by atoms with Gasteiger partial charge in [-0.15, -0.1) is 0 Å². The summed E-state index contributed by atoms with van der Waals surface area (Å²) >= 11 is 0.